The molecule has 7 heteroatoms. The Bertz CT molecular complexity index is 902. The number of nitrogens with one attached hydrogen (secondary N) is 1. The molecule has 28 heavy (non-hydrogen) atoms. The lowest BCUT2D eigenvalue weighted by Crippen LogP contribution is -2.51. The van der Waals surface area contributed by atoms with Gasteiger partial charge in [0.2, 0.25) is 0 Å². The van der Waals surface area contributed by atoms with E-state index < -0.39 is 0 Å². The number of carbonyl (C=O) groups excluding carboxylic acids is 1. The third-order valence-corrected chi connectivity index (χ3v) is 7.84. The number of nitrogens with zero attached hydrogens (tertiary/aromatic N) is 4. The predicted octanol–water partition coefficient (Wildman–Crippen LogP) is 3.99. The molecule has 0 radical (unpaired) electrons. The molecule has 0 saturated heterocycles. The molecule has 0 aliphatic heterocycles. The molecule has 2 heterocycles. The summed E-state index contributed by atoms with van der Waals surface area (Å²) in [5.74, 6) is 3.10. The fraction of sp³-hybridized carbons (Fsp3) is 0.619. The maximum atomic E-state index is 12.9. The van der Waals surface area contributed by atoms with Crippen LogP contribution < -0.4 is 5.32 Å². The van der Waals surface area contributed by atoms with Crippen LogP contribution in [0.4, 0.5) is 0 Å². The fourth-order valence-corrected chi connectivity index (χ4v) is 6.44. The maximum absolute atomic E-state index is 12.9. The van der Waals surface area contributed by atoms with Gasteiger partial charge < -0.3 is 5.32 Å². The summed E-state index contributed by atoms with van der Waals surface area (Å²) in [5.41, 5.74) is 2.59. The second-order valence-corrected chi connectivity index (χ2v) is 10.1. The highest BCUT2D eigenvalue weighted by Crippen LogP contribution is 2.59. The Kier molecular flexibility index (Phi) is 4.34. The molecule has 0 atom stereocenters. The summed E-state index contributed by atoms with van der Waals surface area (Å²) in [6.07, 6.45) is 11.6. The summed E-state index contributed by atoms with van der Waals surface area (Å²) < 4.78 is 2.32. The molecule has 0 aromatic carbocycles. The quantitative estimate of drug-likeness (QED) is 0.724. The van der Waals surface area contributed by atoms with Gasteiger partial charge in [0.15, 0.2) is 0 Å². The highest BCUT2D eigenvalue weighted by atomic mass is 79.9. The van der Waals surface area contributed by atoms with E-state index in [1.54, 1.807) is 17.1 Å². The third-order valence-electron chi connectivity index (χ3n) is 7.03. The normalized spacial score (nSPS) is 30.6. The van der Waals surface area contributed by atoms with Crippen molar-refractivity contribution in [3.05, 3.63) is 33.8 Å². The van der Waals surface area contributed by atoms with Gasteiger partial charge in [0.05, 0.1) is 11.3 Å². The summed E-state index contributed by atoms with van der Waals surface area (Å²) in [7, 11) is 0. The van der Waals surface area contributed by atoms with Gasteiger partial charge in [-0.1, -0.05) is 0 Å². The molecule has 4 bridgehead atoms. The Morgan fingerprint density at radius 3 is 2.46 bits per heavy atom. The van der Waals surface area contributed by atoms with Crippen LogP contribution in [0.3, 0.4) is 0 Å². The molecule has 1 amide bonds. The first-order valence-electron chi connectivity index (χ1n) is 10.2. The maximum Gasteiger partial charge on any atom is 0.254 e. The molecule has 1 N–H and O–H groups in total. The summed E-state index contributed by atoms with van der Waals surface area (Å²) >= 11 is 3.43. The molecule has 4 fully saturated rings. The largest absolute Gasteiger partial charge is 0.351 e. The van der Waals surface area contributed by atoms with Crippen LogP contribution in [0.15, 0.2) is 17.0 Å². The van der Waals surface area contributed by atoms with E-state index in [1.807, 2.05) is 13.8 Å². The van der Waals surface area contributed by atoms with Crippen LogP contribution in [0, 0.1) is 37.0 Å². The summed E-state index contributed by atoms with van der Waals surface area (Å²) in [6.45, 7) is 4.59. The average Bonchev–Trinajstić information content (AvgIpc) is 3.03. The molecule has 4 aliphatic carbocycles. The van der Waals surface area contributed by atoms with Crippen molar-refractivity contribution in [3.63, 3.8) is 0 Å². The highest BCUT2D eigenvalue weighted by Gasteiger charge is 2.50. The van der Waals surface area contributed by atoms with Gasteiger partial charge in [-0.05, 0) is 91.5 Å². The van der Waals surface area contributed by atoms with E-state index in [0.717, 1.165) is 34.5 Å². The third kappa shape index (κ3) is 3.17. The number of rotatable bonds is 4. The van der Waals surface area contributed by atoms with Crippen LogP contribution in [0.2, 0.25) is 0 Å². The topological polar surface area (TPSA) is 72.7 Å². The van der Waals surface area contributed by atoms with Crippen LogP contribution in [-0.4, -0.2) is 32.2 Å². The second kappa shape index (κ2) is 6.65. The Labute approximate surface area is 173 Å². The van der Waals surface area contributed by atoms with Crippen LogP contribution in [0.1, 0.15) is 60.1 Å². The molecule has 2 aromatic heterocycles. The van der Waals surface area contributed by atoms with Crippen molar-refractivity contribution in [1.82, 2.24) is 25.1 Å². The standard InChI is InChI=1S/C21H26BrN5O/c1-12-9-23-20(25-18(12)22)27-10-17(13(2)26-27)19(28)24-11-21-6-14-3-15(7-21)5-16(4-14)8-21/h9-10,14-16H,3-8,11H2,1-2H3,(H,24,28). The Morgan fingerprint density at radius 2 is 1.86 bits per heavy atom. The van der Waals surface area contributed by atoms with Crippen molar-refractivity contribution in [2.75, 3.05) is 6.54 Å². The molecule has 6 nitrogen and oxygen atoms in total. The van der Waals surface area contributed by atoms with E-state index in [1.165, 1.54) is 38.5 Å². The van der Waals surface area contributed by atoms with Crippen molar-refractivity contribution in [2.24, 2.45) is 23.2 Å². The van der Waals surface area contributed by atoms with E-state index in [2.05, 4.69) is 36.3 Å². The van der Waals surface area contributed by atoms with Crippen LogP contribution >= 0.6 is 15.9 Å². The predicted molar refractivity (Wildman–Crippen MR) is 109 cm³/mol. The molecule has 0 spiro atoms. The van der Waals surface area contributed by atoms with Crippen LogP contribution in [-0.2, 0) is 0 Å². The summed E-state index contributed by atoms with van der Waals surface area (Å²) in [4.78, 5) is 21.6. The minimum atomic E-state index is -0.0364. The molecule has 148 valence electrons. The van der Waals surface area contributed by atoms with E-state index in [9.17, 15) is 4.79 Å². The zero-order valence-electron chi connectivity index (χ0n) is 16.4. The van der Waals surface area contributed by atoms with Crippen molar-refractivity contribution in [3.8, 4) is 5.95 Å². The number of amides is 1. The van der Waals surface area contributed by atoms with Gasteiger partial charge in [-0.25, -0.2) is 14.6 Å². The Hall–Kier alpha value is -1.76. The van der Waals surface area contributed by atoms with Crippen molar-refractivity contribution < 1.29 is 4.79 Å². The lowest BCUT2D eigenvalue weighted by atomic mass is 9.49. The highest BCUT2D eigenvalue weighted by molar-refractivity contribution is 9.10. The van der Waals surface area contributed by atoms with Gasteiger partial charge >= 0.3 is 0 Å². The van der Waals surface area contributed by atoms with E-state index in [4.69, 9.17) is 0 Å². The molecule has 0 unspecified atom stereocenters. The van der Waals surface area contributed by atoms with Gasteiger partial charge in [0.25, 0.3) is 11.9 Å². The molecule has 6 rings (SSSR count). The van der Waals surface area contributed by atoms with Crippen molar-refractivity contribution in [2.45, 2.75) is 52.4 Å². The fourth-order valence-electron chi connectivity index (χ4n) is 6.18. The van der Waals surface area contributed by atoms with Crippen LogP contribution in [0.25, 0.3) is 5.95 Å². The van der Waals surface area contributed by atoms with E-state index in [-0.39, 0.29) is 5.91 Å². The van der Waals surface area contributed by atoms with E-state index in [0.29, 0.717) is 22.6 Å². The Balaban J connectivity index is 1.31. The average molecular weight is 444 g/mol. The number of carbonyl (C=O) groups is 1. The zero-order valence-corrected chi connectivity index (χ0v) is 18.0. The number of aryl methyl sites for hydroxylation is 2. The van der Waals surface area contributed by atoms with Crippen molar-refractivity contribution >= 4 is 21.8 Å². The number of hydrogen-bond donors (Lipinski definition) is 1. The first-order chi connectivity index (χ1) is 13.4. The second-order valence-electron chi connectivity index (χ2n) is 9.32. The minimum Gasteiger partial charge on any atom is -0.351 e. The summed E-state index contributed by atoms with van der Waals surface area (Å²) in [5, 5.41) is 7.70. The number of halogens is 1. The van der Waals surface area contributed by atoms with Gasteiger partial charge in [-0.15, -0.1) is 0 Å². The number of hydrogen-bond acceptors (Lipinski definition) is 4. The first kappa shape index (κ1) is 18.3. The zero-order chi connectivity index (χ0) is 19.5. The molecular formula is C21H26BrN5O. The molecule has 2 aromatic rings. The van der Waals surface area contributed by atoms with Gasteiger partial charge in [0, 0.05) is 24.5 Å². The Morgan fingerprint density at radius 1 is 1.21 bits per heavy atom. The lowest BCUT2D eigenvalue weighted by Gasteiger charge is -2.56. The monoisotopic (exact) mass is 443 g/mol. The summed E-state index contributed by atoms with van der Waals surface area (Å²) in [6, 6.07) is 0. The van der Waals surface area contributed by atoms with Gasteiger partial charge in [-0.3, -0.25) is 4.79 Å². The minimum absolute atomic E-state index is 0.0364. The lowest BCUT2D eigenvalue weighted by molar-refractivity contribution is -0.0503. The molecule has 4 saturated carbocycles. The SMILES string of the molecule is Cc1cnc(-n2cc(C(=O)NCC34CC5CC(CC(C5)C3)C4)c(C)n2)nc1Br. The van der Waals surface area contributed by atoms with Gasteiger partial charge in [0.1, 0.15) is 4.60 Å². The van der Waals surface area contributed by atoms with Gasteiger partial charge in [-0.2, -0.15) is 5.10 Å². The molecular weight excluding hydrogens is 418 g/mol. The molecule has 4 aliphatic rings. The first-order valence-corrected chi connectivity index (χ1v) is 11.0. The smallest absolute Gasteiger partial charge is 0.254 e. The number of aromatic nitrogens is 4. The van der Waals surface area contributed by atoms with Crippen LogP contribution in [0.5, 0.6) is 0 Å². The van der Waals surface area contributed by atoms with Crippen molar-refractivity contribution in [1.29, 1.82) is 0 Å². The van der Waals surface area contributed by atoms with E-state index >= 15 is 0 Å².